The van der Waals surface area contributed by atoms with Gasteiger partial charge in [0, 0.05) is 36.8 Å². The first-order valence-electron chi connectivity index (χ1n) is 6.34. The molecule has 0 heterocycles. The Hall–Kier alpha value is -0.680. The summed E-state index contributed by atoms with van der Waals surface area (Å²) in [5.74, 6) is 1.55. The molecule has 0 unspecified atom stereocenters. The molecule has 0 bridgehead atoms. The fraction of sp³-hybridized carbons (Fsp3) is 0.571. The Morgan fingerprint density at radius 2 is 1.85 bits per heavy atom. The monoisotopic (exact) mass is 322 g/mol. The molecular weight excluding hydrogens is 303 g/mol. The van der Waals surface area contributed by atoms with Crippen molar-refractivity contribution in [2.75, 3.05) is 40.6 Å². The van der Waals surface area contributed by atoms with Crippen molar-refractivity contribution in [3.8, 4) is 11.5 Å². The first-order valence-corrected chi connectivity index (χ1v) is 7.26. The second-order valence-electron chi connectivity index (χ2n) is 4.04. The number of hydrogen-bond donors (Lipinski definition) is 0. The van der Waals surface area contributed by atoms with Crippen molar-refractivity contribution in [1.29, 1.82) is 0 Å². The van der Waals surface area contributed by atoms with Crippen molar-refractivity contribution in [1.82, 2.24) is 0 Å². The lowest BCUT2D eigenvalue weighted by Gasteiger charge is -2.14. The highest BCUT2D eigenvalue weighted by atomic mass is 35.5. The van der Waals surface area contributed by atoms with Crippen LogP contribution in [0, 0.1) is 0 Å². The largest absolute Gasteiger partial charge is 0.493 e. The smallest absolute Gasteiger partial charge is 0.165 e. The molecule has 1 aromatic carbocycles. The summed E-state index contributed by atoms with van der Waals surface area (Å²) < 4.78 is 21.2. The number of halogens is 2. The number of hydrogen-bond acceptors (Lipinski definition) is 4. The van der Waals surface area contributed by atoms with Crippen LogP contribution in [0.15, 0.2) is 12.1 Å². The molecule has 0 saturated carbocycles. The minimum atomic E-state index is 0.316. The first kappa shape index (κ1) is 17.4. The lowest BCUT2D eigenvalue weighted by molar-refractivity contribution is 0.0642. The highest BCUT2D eigenvalue weighted by Crippen LogP contribution is 2.35. The van der Waals surface area contributed by atoms with Gasteiger partial charge in [0.05, 0.1) is 32.8 Å². The van der Waals surface area contributed by atoms with E-state index in [9.17, 15) is 0 Å². The van der Waals surface area contributed by atoms with E-state index in [4.69, 9.17) is 42.1 Å². The zero-order chi connectivity index (χ0) is 14.8. The minimum absolute atomic E-state index is 0.316. The molecule has 4 nitrogen and oxygen atoms in total. The van der Waals surface area contributed by atoms with Gasteiger partial charge in [0.25, 0.3) is 0 Å². The first-order chi connectivity index (χ1) is 9.72. The summed E-state index contributed by atoms with van der Waals surface area (Å²) in [5, 5.41) is 0.577. The van der Waals surface area contributed by atoms with Gasteiger partial charge in [-0.3, -0.25) is 0 Å². The van der Waals surface area contributed by atoms with Crippen LogP contribution in [-0.4, -0.2) is 40.6 Å². The van der Waals surface area contributed by atoms with Crippen LogP contribution < -0.4 is 9.47 Å². The van der Waals surface area contributed by atoms with Crippen LogP contribution in [0.4, 0.5) is 0 Å². The molecule has 0 saturated heterocycles. The number of methoxy groups -OCH3 is 2. The Labute approximate surface area is 129 Å². The highest BCUT2D eigenvalue weighted by molar-refractivity contribution is 6.31. The molecule has 1 rings (SSSR count). The molecule has 0 fully saturated rings. The third-order valence-corrected chi connectivity index (χ3v) is 3.08. The normalized spacial score (nSPS) is 10.6. The summed E-state index contributed by atoms with van der Waals surface area (Å²) in [4.78, 5) is 0. The number of alkyl halides is 1. The van der Waals surface area contributed by atoms with Crippen molar-refractivity contribution >= 4 is 23.2 Å². The molecular formula is C14H20Cl2O4. The predicted octanol–water partition coefficient (Wildman–Crippen LogP) is 3.52. The van der Waals surface area contributed by atoms with Gasteiger partial charge in [-0.15, -0.1) is 11.6 Å². The Morgan fingerprint density at radius 1 is 1.05 bits per heavy atom. The molecule has 0 aliphatic rings. The highest BCUT2D eigenvalue weighted by Gasteiger charge is 2.12. The quantitative estimate of drug-likeness (QED) is 0.488. The third kappa shape index (κ3) is 5.75. The molecule has 6 heteroatoms. The van der Waals surface area contributed by atoms with Gasteiger partial charge in [-0.25, -0.2) is 0 Å². The maximum absolute atomic E-state index is 5.99. The number of ether oxygens (including phenoxy) is 4. The average molecular weight is 323 g/mol. The summed E-state index contributed by atoms with van der Waals surface area (Å²) in [5.41, 5.74) is 0.816. The Bertz CT molecular complexity index is 374. The topological polar surface area (TPSA) is 36.9 Å². The lowest BCUT2D eigenvalue weighted by Crippen LogP contribution is -2.08. The van der Waals surface area contributed by atoms with Crippen LogP contribution in [0.2, 0.25) is 5.02 Å². The van der Waals surface area contributed by atoms with Crippen molar-refractivity contribution < 1.29 is 18.9 Å². The van der Waals surface area contributed by atoms with E-state index in [1.807, 2.05) is 0 Å². The SMILES string of the molecule is COCCOCCCOc1c(CCl)cc(Cl)cc1OC. The van der Waals surface area contributed by atoms with Gasteiger partial charge in [-0.1, -0.05) is 11.6 Å². The van der Waals surface area contributed by atoms with E-state index in [0.29, 0.717) is 48.8 Å². The van der Waals surface area contributed by atoms with Crippen LogP contribution in [0.25, 0.3) is 0 Å². The molecule has 0 amide bonds. The summed E-state index contributed by atoms with van der Waals surface area (Å²) in [6, 6.07) is 3.49. The molecule has 0 N–H and O–H groups in total. The van der Waals surface area contributed by atoms with Gasteiger partial charge >= 0.3 is 0 Å². The summed E-state index contributed by atoms with van der Waals surface area (Å²) in [7, 11) is 3.22. The van der Waals surface area contributed by atoms with E-state index >= 15 is 0 Å². The van der Waals surface area contributed by atoms with Gasteiger partial charge in [0.1, 0.15) is 0 Å². The van der Waals surface area contributed by atoms with E-state index < -0.39 is 0 Å². The fourth-order valence-electron chi connectivity index (χ4n) is 1.62. The fourth-order valence-corrected chi connectivity index (χ4v) is 2.05. The van der Waals surface area contributed by atoms with E-state index in [2.05, 4.69) is 0 Å². The number of benzene rings is 1. The molecule has 1 aromatic rings. The average Bonchev–Trinajstić information content (AvgIpc) is 2.46. The zero-order valence-corrected chi connectivity index (χ0v) is 13.3. The molecule has 0 aliphatic carbocycles. The van der Waals surface area contributed by atoms with Crippen LogP contribution in [0.1, 0.15) is 12.0 Å². The lowest BCUT2D eigenvalue weighted by atomic mass is 10.2. The second-order valence-corrected chi connectivity index (χ2v) is 4.74. The standard InChI is InChI=1S/C14H20Cl2O4/c1-17-6-7-19-4-3-5-20-14-11(10-15)8-12(16)9-13(14)18-2/h8-9H,3-7,10H2,1-2H3. The third-order valence-electron chi connectivity index (χ3n) is 2.57. The summed E-state index contributed by atoms with van der Waals surface area (Å²) in [6.07, 6.45) is 0.775. The van der Waals surface area contributed by atoms with Crippen molar-refractivity contribution in [2.45, 2.75) is 12.3 Å². The molecule has 0 aromatic heterocycles. The van der Waals surface area contributed by atoms with Crippen LogP contribution in [-0.2, 0) is 15.4 Å². The summed E-state index contributed by atoms with van der Waals surface area (Å²) in [6.45, 7) is 2.33. The van der Waals surface area contributed by atoms with Gasteiger partial charge in [-0.2, -0.15) is 0 Å². The Kier molecular flexibility index (Phi) is 8.78. The molecule has 0 aliphatic heterocycles. The van der Waals surface area contributed by atoms with Crippen molar-refractivity contribution in [2.24, 2.45) is 0 Å². The minimum Gasteiger partial charge on any atom is -0.493 e. The zero-order valence-electron chi connectivity index (χ0n) is 11.8. The Morgan fingerprint density at radius 3 is 2.50 bits per heavy atom. The van der Waals surface area contributed by atoms with Gasteiger partial charge in [0.2, 0.25) is 0 Å². The van der Waals surface area contributed by atoms with Crippen LogP contribution in [0.5, 0.6) is 11.5 Å². The van der Waals surface area contributed by atoms with E-state index in [1.54, 1.807) is 26.4 Å². The van der Waals surface area contributed by atoms with Crippen molar-refractivity contribution in [3.05, 3.63) is 22.7 Å². The molecule has 20 heavy (non-hydrogen) atoms. The maximum atomic E-state index is 5.99. The second kappa shape index (κ2) is 10.1. The van der Waals surface area contributed by atoms with Crippen LogP contribution >= 0.6 is 23.2 Å². The predicted molar refractivity (Wildman–Crippen MR) is 80.4 cm³/mol. The van der Waals surface area contributed by atoms with Gasteiger partial charge in [0.15, 0.2) is 11.5 Å². The Balaban J connectivity index is 2.46. The van der Waals surface area contributed by atoms with Crippen molar-refractivity contribution in [3.63, 3.8) is 0 Å². The molecule has 0 atom stereocenters. The van der Waals surface area contributed by atoms with E-state index in [-0.39, 0.29) is 0 Å². The van der Waals surface area contributed by atoms with Gasteiger partial charge in [-0.05, 0) is 6.07 Å². The van der Waals surface area contributed by atoms with Gasteiger partial charge < -0.3 is 18.9 Å². The van der Waals surface area contributed by atoms with Crippen LogP contribution in [0.3, 0.4) is 0 Å². The summed E-state index contributed by atoms with van der Waals surface area (Å²) >= 11 is 11.9. The van der Waals surface area contributed by atoms with E-state index in [1.165, 1.54) is 0 Å². The maximum Gasteiger partial charge on any atom is 0.165 e. The number of rotatable bonds is 10. The molecule has 0 spiro atoms. The molecule has 0 radical (unpaired) electrons. The molecule has 114 valence electrons. The van der Waals surface area contributed by atoms with E-state index in [0.717, 1.165) is 12.0 Å².